The fourth-order valence-electron chi connectivity index (χ4n) is 2.31. The number of amides is 1. The number of benzene rings is 1. The van der Waals surface area contributed by atoms with E-state index in [1.807, 2.05) is 6.26 Å². The van der Waals surface area contributed by atoms with E-state index in [4.69, 9.17) is 0 Å². The topological polar surface area (TPSA) is 29.1 Å². The van der Waals surface area contributed by atoms with Crippen LogP contribution < -0.4 is 5.32 Å². The summed E-state index contributed by atoms with van der Waals surface area (Å²) in [7, 11) is 0. The molecule has 0 aromatic heterocycles. The standard InChI is InChI=1S/C14H15BrF3NOS/c1-21-13(5-2-6-13)8-19-12(20)10-4-3-9(15)7-11(10)14(16,17)18/h3-4,7H,2,5-6,8H2,1H3,(H,19,20). The lowest BCUT2D eigenvalue weighted by molar-refractivity contribution is -0.138. The molecular formula is C14H15BrF3NOS. The van der Waals surface area contributed by atoms with Crippen molar-refractivity contribution in [1.29, 1.82) is 0 Å². The van der Waals surface area contributed by atoms with E-state index in [1.54, 1.807) is 11.8 Å². The third-order valence-electron chi connectivity index (χ3n) is 3.80. The first-order valence-electron chi connectivity index (χ1n) is 6.47. The molecule has 1 fully saturated rings. The normalized spacial score (nSPS) is 17.2. The van der Waals surface area contributed by atoms with Gasteiger partial charge in [0, 0.05) is 15.8 Å². The maximum absolute atomic E-state index is 13.0. The van der Waals surface area contributed by atoms with Crippen LogP contribution in [0.5, 0.6) is 0 Å². The molecule has 0 aliphatic heterocycles. The monoisotopic (exact) mass is 381 g/mol. The van der Waals surface area contributed by atoms with Crippen molar-refractivity contribution >= 4 is 33.6 Å². The number of thioether (sulfide) groups is 1. The van der Waals surface area contributed by atoms with Crippen molar-refractivity contribution in [3.63, 3.8) is 0 Å². The first-order valence-corrected chi connectivity index (χ1v) is 8.49. The molecule has 1 aromatic rings. The number of carbonyl (C=O) groups is 1. The van der Waals surface area contributed by atoms with Crippen molar-refractivity contribution < 1.29 is 18.0 Å². The van der Waals surface area contributed by atoms with Crippen molar-refractivity contribution in [1.82, 2.24) is 5.32 Å². The quantitative estimate of drug-likeness (QED) is 0.832. The van der Waals surface area contributed by atoms with Crippen molar-refractivity contribution in [3.8, 4) is 0 Å². The zero-order chi connectivity index (χ0) is 15.7. The van der Waals surface area contributed by atoms with Crippen LogP contribution >= 0.6 is 27.7 Å². The second kappa shape index (κ2) is 6.20. The van der Waals surface area contributed by atoms with Gasteiger partial charge in [-0.05, 0) is 37.3 Å². The maximum Gasteiger partial charge on any atom is 0.417 e. The Kier molecular flexibility index (Phi) is 4.92. The van der Waals surface area contributed by atoms with Crippen LogP contribution in [-0.4, -0.2) is 23.5 Å². The minimum Gasteiger partial charge on any atom is -0.351 e. The second-order valence-corrected chi connectivity index (χ2v) is 7.30. The van der Waals surface area contributed by atoms with E-state index in [9.17, 15) is 18.0 Å². The van der Waals surface area contributed by atoms with Crippen molar-refractivity contribution in [3.05, 3.63) is 33.8 Å². The predicted octanol–water partition coefficient (Wildman–Crippen LogP) is 4.48. The van der Waals surface area contributed by atoms with E-state index in [0.717, 1.165) is 25.3 Å². The summed E-state index contributed by atoms with van der Waals surface area (Å²) in [6.07, 6.45) is 0.487. The molecule has 1 amide bonds. The van der Waals surface area contributed by atoms with Crippen LogP contribution in [-0.2, 0) is 6.18 Å². The molecule has 0 saturated heterocycles. The third kappa shape index (κ3) is 3.74. The van der Waals surface area contributed by atoms with Gasteiger partial charge in [-0.15, -0.1) is 0 Å². The fourth-order valence-corrected chi connectivity index (χ4v) is 3.58. The molecule has 1 aliphatic rings. The van der Waals surface area contributed by atoms with Crippen LogP contribution in [0, 0.1) is 0 Å². The summed E-state index contributed by atoms with van der Waals surface area (Å²) in [6.45, 7) is 0.403. The average Bonchev–Trinajstić information content (AvgIpc) is 2.36. The molecule has 1 aromatic carbocycles. The molecule has 0 radical (unpaired) electrons. The van der Waals surface area contributed by atoms with Gasteiger partial charge in [0.1, 0.15) is 0 Å². The highest BCUT2D eigenvalue weighted by molar-refractivity contribution is 9.10. The first-order chi connectivity index (χ1) is 9.77. The highest BCUT2D eigenvalue weighted by Crippen LogP contribution is 2.42. The van der Waals surface area contributed by atoms with E-state index < -0.39 is 17.6 Å². The summed E-state index contributed by atoms with van der Waals surface area (Å²) in [5, 5.41) is 2.65. The molecule has 1 aliphatic carbocycles. The second-order valence-electron chi connectivity index (χ2n) is 5.11. The number of rotatable bonds is 4. The van der Waals surface area contributed by atoms with Crippen molar-refractivity contribution in [2.45, 2.75) is 30.2 Å². The number of hydrogen-bond donors (Lipinski definition) is 1. The van der Waals surface area contributed by atoms with Gasteiger partial charge in [0.25, 0.3) is 5.91 Å². The Bertz CT molecular complexity index is 538. The highest BCUT2D eigenvalue weighted by atomic mass is 79.9. The van der Waals surface area contributed by atoms with E-state index in [1.165, 1.54) is 12.1 Å². The Labute approximate surface area is 134 Å². The predicted molar refractivity (Wildman–Crippen MR) is 81.6 cm³/mol. The molecular weight excluding hydrogens is 367 g/mol. The Balaban J connectivity index is 2.16. The van der Waals surface area contributed by atoms with E-state index in [0.29, 0.717) is 11.0 Å². The molecule has 0 atom stereocenters. The molecule has 21 heavy (non-hydrogen) atoms. The van der Waals surface area contributed by atoms with Crippen LogP contribution in [0.1, 0.15) is 35.2 Å². The number of carbonyl (C=O) groups excluding carboxylic acids is 1. The SMILES string of the molecule is CSC1(CNC(=O)c2ccc(Br)cc2C(F)(F)F)CCC1. The molecule has 0 spiro atoms. The smallest absolute Gasteiger partial charge is 0.351 e. The Morgan fingerprint density at radius 3 is 2.57 bits per heavy atom. The van der Waals surface area contributed by atoms with Crippen LogP contribution in [0.2, 0.25) is 0 Å². The molecule has 1 N–H and O–H groups in total. The molecule has 0 bridgehead atoms. The first kappa shape index (κ1) is 16.7. The summed E-state index contributed by atoms with van der Waals surface area (Å²) in [6, 6.07) is 3.58. The lowest BCUT2D eigenvalue weighted by atomic mass is 9.84. The van der Waals surface area contributed by atoms with E-state index >= 15 is 0 Å². The molecule has 2 nitrogen and oxygen atoms in total. The molecule has 2 rings (SSSR count). The summed E-state index contributed by atoms with van der Waals surface area (Å²) < 4.78 is 39.3. The summed E-state index contributed by atoms with van der Waals surface area (Å²) in [5.74, 6) is -0.671. The number of halogens is 4. The number of hydrogen-bond acceptors (Lipinski definition) is 2. The maximum atomic E-state index is 13.0. The van der Waals surface area contributed by atoms with Gasteiger partial charge in [0.2, 0.25) is 0 Å². The van der Waals surface area contributed by atoms with Crippen molar-refractivity contribution in [2.24, 2.45) is 0 Å². The molecule has 0 heterocycles. The largest absolute Gasteiger partial charge is 0.417 e. The van der Waals surface area contributed by atoms with Gasteiger partial charge in [-0.3, -0.25) is 4.79 Å². The van der Waals surface area contributed by atoms with E-state index in [-0.39, 0.29) is 10.3 Å². The zero-order valence-corrected chi connectivity index (χ0v) is 13.8. The lowest BCUT2D eigenvalue weighted by Gasteiger charge is -2.40. The Hall–Kier alpha value is -0.690. The number of alkyl halides is 3. The minimum absolute atomic E-state index is 0.0105. The van der Waals surface area contributed by atoms with Crippen LogP contribution in [0.25, 0.3) is 0 Å². The summed E-state index contributed by atoms with van der Waals surface area (Å²) in [5.41, 5.74) is -1.25. The van der Waals surface area contributed by atoms with Crippen LogP contribution in [0.3, 0.4) is 0 Å². The van der Waals surface area contributed by atoms with Crippen molar-refractivity contribution in [2.75, 3.05) is 12.8 Å². The minimum atomic E-state index is -4.55. The highest BCUT2D eigenvalue weighted by Gasteiger charge is 2.38. The van der Waals surface area contributed by atoms with E-state index in [2.05, 4.69) is 21.2 Å². The van der Waals surface area contributed by atoms with Crippen LogP contribution in [0.15, 0.2) is 22.7 Å². The summed E-state index contributed by atoms with van der Waals surface area (Å²) >= 11 is 4.67. The van der Waals surface area contributed by atoms with Gasteiger partial charge in [-0.25, -0.2) is 0 Å². The van der Waals surface area contributed by atoms with Crippen LogP contribution in [0.4, 0.5) is 13.2 Å². The van der Waals surface area contributed by atoms with Gasteiger partial charge in [-0.2, -0.15) is 24.9 Å². The Morgan fingerprint density at radius 1 is 1.43 bits per heavy atom. The molecule has 7 heteroatoms. The lowest BCUT2D eigenvalue weighted by Crippen LogP contribution is -2.45. The summed E-state index contributed by atoms with van der Waals surface area (Å²) in [4.78, 5) is 12.1. The van der Waals surface area contributed by atoms with Gasteiger partial charge < -0.3 is 5.32 Å². The zero-order valence-electron chi connectivity index (χ0n) is 11.4. The Morgan fingerprint density at radius 2 is 2.10 bits per heavy atom. The van der Waals surface area contributed by atoms with Gasteiger partial charge in [0.05, 0.1) is 11.1 Å². The van der Waals surface area contributed by atoms with Gasteiger partial charge in [0.15, 0.2) is 0 Å². The number of nitrogens with one attached hydrogen (secondary N) is 1. The molecule has 116 valence electrons. The molecule has 1 saturated carbocycles. The average molecular weight is 382 g/mol. The fraction of sp³-hybridized carbons (Fsp3) is 0.500. The molecule has 0 unspecified atom stereocenters. The van der Waals surface area contributed by atoms with Gasteiger partial charge >= 0.3 is 6.18 Å². The third-order valence-corrected chi connectivity index (χ3v) is 5.71. The van der Waals surface area contributed by atoms with Gasteiger partial charge in [-0.1, -0.05) is 22.4 Å².